The van der Waals surface area contributed by atoms with E-state index in [-0.39, 0.29) is 27.7 Å². The summed E-state index contributed by atoms with van der Waals surface area (Å²) < 4.78 is 1.66. The van der Waals surface area contributed by atoms with Crippen LogP contribution in [0.4, 0.5) is 0 Å². The van der Waals surface area contributed by atoms with E-state index in [2.05, 4.69) is 15.3 Å². The van der Waals surface area contributed by atoms with Crippen LogP contribution >= 0.6 is 0 Å². The summed E-state index contributed by atoms with van der Waals surface area (Å²) in [5, 5.41) is 21.0. The standard InChI is InChI=1S/C8H10N4O.W/c1-5-7(4-13)3-8-10-9-6(2)12(8)11-5;/h3,13H,4H2,1-2H3;. The maximum Gasteiger partial charge on any atom is 0.178 e. The van der Waals surface area contributed by atoms with E-state index in [1.54, 1.807) is 10.6 Å². The number of aryl methyl sites for hydroxylation is 2. The third-order valence-electron chi connectivity index (χ3n) is 2.01. The number of aliphatic hydroxyl groups excluding tert-OH is 1. The Hall–Kier alpha value is -0.802. The van der Waals surface area contributed by atoms with Gasteiger partial charge < -0.3 is 5.11 Å². The number of rotatable bonds is 1. The first-order valence-corrected chi connectivity index (χ1v) is 4.02. The van der Waals surface area contributed by atoms with E-state index in [4.69, 9.17) is 5.11 Å². The molecule has 0 aromatic carbocycles. The van der Waals surface area contributed by atoms with E-state index < -0.39 is 0 Å². The van der Waals surface area contributed by atoms with Crippen LogP contribution in [0.25, 0.3) is 5.65 Å². The Labute approximate surface area is 95.4 Å². The first-order valence-electron chi connectivity index (χ1n) is 4.02. The Morgan fingerprint density at radius 2 is 2.07 bits per heavy atom. The fourth-order valence-electron chi connectivity index (χ4n) is 1.22. The number of aliphatic hydroxyl groups is 1. The van der Waals surface area contributed by atoms with Gasteiger partial charge in [-0.1, -0.05) is 0 Å². The minimum atomic E-state index is -0.0127. The zero-order valence-electron chi connectivity index (χ0n) is 7.93. The average molecular weight is 362 g/mol. The Morgan fingerprint density at radius 1 is 1.36 bits per heavy atom. The Morgan fingerprint density at radius 3 is 2.71 bits per heavy atom. The molecule has 0 atom stereocenters. The van der Waals surface area contributed by atoms with E-state index in [1.165, 1.54) is 0 Å². The quantitative estimate of drug-likeness (QED) is 0.789. The van der Waals surface area contributed by atoms with Crippen molar-refractivity contribution in [1.82, 2.24) is 19.8 Å². The van der Waals surface area contributed by atoms with Gasteiger partial charge in [-0.25, -0.2) is 0 Å². The molecule has 0 aliphatic heterocycles. The van der Waals surface area contributed by atoms with Gasteiger partial charge in [0.25, 0.3) is 0 Å². The molecule has 14 heavy (non-hydrogen) atoms. The Balaban J connectivity index is 0.000000980. The third-order valence-corrected chi connectivity index (χ3v) is 2.01. The van der Waals surface area contributed by atoms with Crippen LogP contribution in [0.2, 0.25) is 0 Å². The maximum absolute atomic E-state index is 8.99. The molecule has 0 amide bonds. The molecule has 74 valence electrons. The molecule has 2 aromatic rings. The number of nitrogens with zero attached hydrogens (tertiary/aromatic N) is 4. The summed E-state index contributed by atoms with van der Waals surface area (Å²) in [6, 6.07) is 1.79. The van der Waals surface area contributed by atoms with Gasteiger partial charge in [0.1, 0.15) is 0 Å². The van der Waals surface area contributed by atoms with Crippen molar-refractivity contribution < 1.29 is 26.2 Å². The zero-order chi connectivity index (χ0) is 9.42. The molecular weight excluding hydrogens is 352 g/mol. The predicted molar refractivity (Wildman–Crippen MR) is 46.2 cm³/mol. The van der Waals surface area contributed by atoms with Gasteiger partial charge in [0, 0.05) is 26.6 Å². The summed E-state index contributed by atoms with van der Waals surface area (Å²) in [5.74, 6) is 0.752. The molecule has 0 unspecified atom stereocenters. The second kappa shape index (κ2) is 4.15. The van der Waals surface area contributed by atoms with Gasteiger partial charge in [-0.15, -0.1) is 10.2 Å². The molecule has 0 radical (unpaired) electrons. The number of hydrogen-bond acceptors (Lipinski definition) is 4. The fraction of sp³-hybridized carbons (Fsp3) is 0.375. The van der Waals surface area contributed by atoms with Crippen molar-refractivity contribution in [3.63, 3.8) is 0 Å². The number of aromatic nitrogens is 4. The summed E-state index contributed by atoms with van der Waals surface area (Å²) in [6.07, 6.45) is 0. The number of fused-ring (bicyclic) bond motifs is 1. The molecule has 0 saturated carbocycles. The van der Waals surface area contributed by atoms with Crippen LogP contribution in [0.3, 0.4) is 0 Å². The van der Waals surface area contributed by atoms with Crippen molar-refractivity contribution in [2.75, 3.05) is 0 Å². The van der Waals surface area contributed by atoms with E-state index in [1.807, 2.05) is 13.8 Å². The van der Waals surface area contributed by atoms with Crippen LogP contribution in [0.5, 0.6) is 0 Å². The number of hydrogen-bond donors (Lipinski definition) is 1. The van der Waals surface area contributed by atoms with Crippen molar-refractivity contribution in [2.45, 2.75) is 20.5 Å². The van der Waals surface area contributed by atoms with Crippen LogP contribution in [0.1, 0.15) is 17.1 Å². The van der Waals surface area contributed by atoms with E-state index in [0.717, 1.165) is 17.1 Å². The molecule has 0 aliphatic carbocycles. The minimum Gasteiger partial charge on any atom is -0.392 e. The van der Waals surface area contributed by atoms with Crippen molar-refractivity contribution in [3.8, 4) is 0 Å². The summed E-state index contributed by atoms with van der Waals surface area (Å²) in [7, 11) is 0. The monoisotopic (exact) mass is 362 g/mol. The maximum atomic E-state index is 8.99. The van der Waals surface area contributed by atoms with Gasteiger partial charge in [-0.2, -0.15) is 9.61 Å². The fourth-order valence-corrected chi connectivity index (χ4v) is 1.22. The van der Waals surface area contributed by atoms with Gasteiger partial charge in [-0.05, 0) is 19.9 Å². The van der Waals surface area contributed by atoms with Gasteiger partial charge >= 0.3 is 0 Å². The van der Waals surface area contributed by atoms with Gasteiger partial charge in [0.05, 0.1) is 12.3 Å². The van der Waals surface area contributed by atoms with Gasteiger partial charge in [0.2, 0.25) is 0 Å². The molecule has 5 nitrogen and oxygen atoms in total. The normalized spacial score (nSPS) is 10.2. The summed E-state index contributed by atoms with van der Waals surface area (Å²) in [4.78, 5) is 0. The van der Waals surface area contributed by atoms with Crippen LogP contribution < -0.4 is 0 Å². The van der Waals surface area contributed by atoms with Crippen molar-refractivity contribution in [1.29, 1.82) is 0 Å². The van der Waals surface area contributed by atoms with Gasteiger partial charge in [-0.3, -0.25) is 0 Å². The third kappa shape index (κ3) is 1.70. The van der Waals surface area contributed by atoms with E-state index >= 15 is 0 Å². The first kappa shape index (κ1) is 11.3. The van der Waals surface area contributed by atoms with Crippen LogP contribution in [-0.4, -0.2) is 24.9 Å². The Kier molecular flexibility index (Phi) is 3.34. The SMILES string of the molecule is Cc1nn2c(C)nnc2cc1CO.[W]. The molecule has 2 aromatic heterocycles. The first-order chi connectivity index (χ1) is 6.22. The smallest absolute Gasteiger partial charge is 0.178 e. The second-order valence-electron chi connectivity index (χ2n) is 2.93. The molecule has 0 aliphatic rings. The summed E-state index contributed by atoms with van der Waals surface area (Å²) >= 11 is 0. The molecule has 6 heteroatoms. The Bertz CT molecular complexity index is 454. The van der Waals surface area contributed by atoms with E-state index in [9.17, 15) is 0 Å². The average Bonchev–Trinajstić information content (AvgIpc) is 2.47. The molecular formula is C8H10N4OW. The summed E-state index contributed by atoms with van der Waals surface area (Å²) in [5.41, 5.74) is 2.27. The molecule has 0 spiro atoms. The van der Waals surface area contributed by atoms with Crippen molar-refractivity contribution >= 4 is 5.65 Å². The molecule has 0 fully saturated rings. The second-order valence-corrected chi connectivity index (χ2v) is 2.93. The summed E-state index contributed by atoms with van der Waals surface area (Å²) in [6.45, 7) is 3.68. The van der Waals surface area contributed by atoms with Crippen molar-refractivity contribution in [3.05, 3.63) is 23.1 Å². The topological polar surface area (TPSA) is 63.3 Å². The van der Waals surface area contributed by atoms with Crippen LogP contribution in [0.15, 0.2) is 6.07 Å². The molecule has 2 rings (SSSR count). The van der Waals surface area contributed by atoms with Crippen LogP contribution in [0, 0.1) is 13.8 Å². The zero-order valence-corrected chi connectivity index (χ0v) is 10.9. The van der Waals surface area contributed by atoms with E-state index in [0.29, 0.717) is 5.65 Å². The molecule has 0 saturated heterocycles. The largest absolute Gasteiger partial charge is 0.392 e. The van der Waals surface area contributed by atoms with Crippen molar-refractivity contribution in [2.24, 2.45) is 0 Å². The van der Waals surface area contributed by atoms with Crippen LogP contribution in [-0.2, 0) is 27.7 Å². The van der Waals surface area contributed by atoms with Gasteiger partial charge in [0.15, 0.2) is 11.5 Å². The molecule has 1 N–H and O–H groups in total. The molecule has 2 heterocycles. The molecule has 0 bridgehead atoms. The predicted octanol–water partition coefficient (Wildman–Crippen LogP) is 0.231. The minimum absolute atomic E-state index is 0.